The van der Waals surface area contributed by atoms with Crippen LogP contribution in [0.5, 0.6) is 5.75 Å². The van der Waals surface area contributed by atoms with E-state index in [4.69, 9.17) is 4.74 Å². The third kappa shape index (κ3) is 2.31. The molecule has 1 N–H and O–H groups in total. The fourth-order valence-electron chi connectivity index (χ4n) is 2.72. The standard InChI is InChI=1S/C14H15NO4S/c1-8-5-9-6-10(7-20(2,17)18)19-14(9)11-3-4-12(16)15-13(8)11/h3-5,10H,6-7H2,1-2H3,(H,15,16). The second-order valence-electron chi connectivity index (χ2n) is 5.33. The fourth-order valence-corrected chi connectivity index (χ4v) is 3.58. The van der Waals surface area contributed by atoms with E-state index in [2.05, 4.69) is 4.98 Å². The smallest absolute Gasteiger partial charge is 0.248 e. The average molecular weight is 293 g/mol. The topological polar surface area (TPSA) is 76.2 Å². The minimum atomic E-state index is -3.08. The molecule has 1 unspecified atom stereocenters. The van der Waals surface area contributed by atoms with Gasteiger partial charge in [-0.1, -0.05) is 6.07 Å². The van der Waals surface area contributed by atoms with Gasteiger partial charge in [0.25, 0.3) is 0 Å². The van der Waals surface area contributed by atoms with E-state index in [1.807, 2.05) is 13.0 Å². The van der Waals surface area contributed by atoms with Gasteiger partial charge >= 0.3 is 0 Å². The summed E-state index contributed by atoms with van der Waals surface area (Å²) in [5.74, 6) is 0.696. The first kappa shape index (κ1) is 13.2. The van der Waals surface area contributed by atoms with E-state index in [0.29, 0.717) is 12.2 Å². The van der Waals surface area contributed by atoms with Gasteiger partial charge in [0, 0.05) is 24.1 Å². The summed E-state index contributed by atoms with van der Waals surface area (Å²) in [6.45, 7) is 1.92. The molecule has 0 spiro atoms. The third-order valence-corrected chi connectivity index (χ3v) is 4.44. The van der Waals surface area contributed by atoms with E-state index < -0.39 is 9.84 Å². The zero-order valence-corrected chi connectivity index (χ0v) is 12.1. The summed E-state index contributed by atoms with van der Waals surface area (Å²) in [4.78, 5) is 14.2. The number of fused-ring (bicyclic) bond motifs is 3. The Balaban J connectivity index is 2.10. The van der Waals surface area contributed by atoms with Crippen LogP contribution in [-0.2, 0) is 16.3 Å². The van der Waals surface area contributed by atoms with E-state index in [0.717, 1.165) is 22.0 Å². The molecule has 20 heavy (non-hydrogen) atoms. The number of nitrogens with one attached hydrogen (secondary N) is 1. The summed E-state index contributed by atoms with van der Waals surface area (Å²) in [6.07, 6.45) is 1.44. The van der Waals surface area contributed by atoms with Crippen molar-refractivity contribution in [3.63, 3.8) is 0 Å². The summed E-state index contributed by atoms with van der Waals surface area (Å²) < 4.78 is 28.6. The van der Waals surface area contributed by atoms with E-state index in [9.17, 15) is 13.2 Å². The van der Waals surface area contributed by atoms with Gasteiger partial charge in [0.15, 0.2) is 9.84 Å². The predicted octanol–water partition coefficient (Wildman–Crippen LogP) is 1.18. The zero-order valence-electron chi connectivity index (χ0n) is 11.3. The van der Waals surface area contributed by atoms with Gasteiger partial charge in [-0.2, -0.15) is 0 Å². The molecule has 1 aliphatic rings. The number of sulfone groups is 1. The van der Waals surface area contributed by atoms with Crippen molar-refractivity contribution in [1.29, 1.82) is 0 Å². The lowest BCUT2D eigenvalue weighted by Gasteiger charge is -2.10. The molecule has 106 valence electrons. The van der Waals surface area contributed by atoms with Crippen LogP contribution in [-0.4, -0.2) is 31.5 Å². The van der Waals surface area contributed by atoms with Crippen molar-refractivity contribution in [2.24, 2.45) is 0 Å². The Morgan fingerprint density at radius 2 is 2.15 bits per heavy atom. The third-order valence-electron chi connectivity index (χ3n) is 3.46. The van der Waals surface area contributed by atoms with Crippen molar-refractivity contribution in [1.82, 2.24) is 4.98 Å². The summed E-state index contributed by atoms with van der Waals surface area (Å²) in [6, 6.07) is 5.13. The van der Waals surface area contributed by atoms with Crippen LogP contribution in [0.25, 0.3) is 10.9 Å². The maximum atomic E-state index is 11.4. The Morgan fingerprint density at radius 1 is 1.40 bits per heavy atom. The molecule has 2 aromatic rings. The van der Waals surface area contributed by atoms with Gasteiger partial charge in [-0.3, -0.25) is 4.79 Å². The van der Waals surface area contributed by atoms with Crippen molar-refractivity contribution in [2.45, 2.75) is 19.4 Å². The van der Waals surface area contributed by atoms with Crippen LogP contribution < -0.4 is 10.3 Å². The van der Waals surface area contributed by atoms with E-state index >= 15 is 0 Å². The van der Waals surface area contributed by atoms with Crippen molar-refractivity contribution < 1.29 is 13.2 Å². The summed E-state index contributed by atoms with van der Waals surface area (Å²) in [5.41, 5.74) is 2.54. The van der Waals surface area contributed by atoms with Crippen LogP contribution in [0.4, 0.5) is 0 Å². The highest BCUT2D eigenvalue weighted by Crippen LogP contribution is 2.37. The molecule has 0 radical (unpaired) electrons. The molecule has 0 amide bonds. The van der Waals surface area contributed by atoms with Gasteiger partial charge < -0.3 is 9.72 Å². The summed E-state index contributed by atoms with van der Waals surface area (Å²) in [7, 11) is -3.08. The average Bonchev–Trinajstić information content (AvgIpc) is 2.69. The number of pyridine rings is 1. The van der Waals surface area contributed by atoms with Gasteiger partial charge in [-0.15, -0.1) is 0 Å². The number of aromatic amines is 1. The maximum absolute atomic E-state index is 11.4. The van der Waals surface area contributed by atoms with Gasteiger partial charge in [0.2, 0.25) is 5.56 Å². The second kappa shape index (κ2) is 4.34. The van der Waals surface area contributed by atoms with E-state index in [-0.39, 0.29) is 17.4 Å². The van der Waals surface area contributed by atoms with Crippen molar-refractivity contribution >= 4 is 20.7 Å². The Labute approximate surface area is 116 Å². The van der Waals surface area contributed by atoms with Crippen molar-refractivity contribution in [2.75, 3.05) is 12.0 Å². The van der Waals surface area contributed by atoms with Gasteiger partial charge in [-0.25, -0.2) is 8.42 Å². The molecular weight excluding hydrogens is 278 g/mol. The lowest BCUT2D eigenvalue weighted by atomic mass is 10.0. The Morgan fingerprint density at radius 3 is 2.85 bits per heavy atom. The first-order valence-corrected chi connectivity index (χ1v) is 8.39. The lowest BCUT2D eigenvalue weighted by Crippen LogP contribution is -2.24. The Kier molecular flexibility index (Phi) is 2.86. The lowest BCUT2D eigenvalue weighted by molar-refractivity contribution is 0.259. The number of benzene rings is 1. The van der Waals surface area contributed by atoms with Crippen LogP contribution >= 0.6 is 0 Å². The van der Waals surface area contributed by atoms with E-state index in [1.54, 1.807) is 6.07 Å². The SMILES string of the molecule is Cc1cc2c(c3ccc(=O)[nH]c13)OC(CS(C)(=O)=O)C2. The quantitative estimate of drug-likeness (QED) is 0.902. The molecule has 0 fully saturated rings. The van der Waals surface area contributed by atoms with Crippen LogP contribution in [0, 0.1) is 6.92 Å². The molecule has 5 nitrogen and oxygen atoms in total. The Hall–Kier alpha value is -1.82. The van der Waals surface area contributed by atoms with Gasteiger partial charge in [0.1, 0.15) is 11.9 Å². The molecule has 0 aliphatic carbocycles. The number of aryl methyl sites for hydroxylation is 1. The van der Waals surface area contributed by atoms with Crippen LogP contribution in [0.3, 0.4) is 0 Å². The molecule has 6 heteroatoms. The molecule has 1 aromatic heterocycles. The number of rotatable bonds is 2. The normalized spacial score (nSPS) is 18.0. The first-order valence-electron chi connectivity index (χ1n) is 6.33. The highest BCUT2D eigenvalue weighted by Gasteiger charge is 2.28. The minimum Gasteiger partial charge on any atom is -0.488 e. The molecule has 0 bridgehead atoms. The number of hydrogen-bond acceptors (Lipinski definition) is 4. The van der Waals surface area contributed by atoms with Crippen molar-refractivity contribution in [3.8, 4) is 5.75 Å². The minimum absolute atomic E-state index is 0.00553. The number of H-pyrrole nitrogens is 1. The highest BCUT2D eigenvalue weighted by molar-refractivity contribution is 7.90. The second-order valence-corrected chi connectivity index (χ2v) is 7.51. The number of hydrogen-bond donors (Lipinski definition) is 1. The molecule has 0 saturated carbocycles. The highest BCUT2D eigenvalue weighted by atomic mass is 32.2. The molecule has 1 aliphatic heterocycles. The monoisotopic (exact) mass is 293 g/mol. The van der Waals surface area contributed by atoms with Crippen LogP contribution in [0.15, 0.2) is 23.0 Å². The summed E-state index contributed by atoms with van der Waals surface area (Å²) >= 11 is 0. The van der Waals surface area contributed by atoms with Gasteiger partial charge in [-0.05, 0) is 24.1 Å². The molecule has 3 rings (SSSR count). The number of aromatic nitrogens is 1. The largest absolute Gasteiger partial charge is 0.488 e. The van der Waals surface area contributed by atoms with Crippen LogP contribution in [0.1, 0.15) is 11.1 Å². The zero-order chi connectivity index (χ0) is 14.5. The van der Waals surface area contributed by atoms with E-state index in [1.165, 1.54) is 12.3 Å². The van der Waals surface area contributed by atoms with Crippen LogP contribution in [0.2, 0.25) is 0 Å². The molecule has 2 heterocycles. The maximum Gasteiger partial charge on any atom is 0.248 e. The molecule has 1 atom stereocenters. The van der Waals surface area contributed by atoms with Crippen molar-refractivity contribution in [3.05, 3.63) is 39.7 Å². The number of ether oxygens (including phenoxy) is 1. The predicted molar refractivity (Wildman–Crippen MR) is 77.1 cm³/mol. The molecular formula is C14H15NO4S. The first-order chi connectivity index (χ1) is 9.33. The van der Waals surface area contributed by atoms with Gasteiger partial charge in [0.05, 0.1) is 11.3 Å². The fraction of sp³-hybridized carbons (Fsp3) is 0.357. The Bertz CT molecular complexity index is 851. The molecule has 0 saturated heterocycles. The summed E-state index contributed by atoms with van der Waals surface area (Å²) in [5, 5.41) is 0.829. The molecule has 1 aromatic carbocycles.